The van der Waals surface area contributed by atoms with Crippen LogP contribution in [0.3, 0.4) is 0 Å². The summed E-state index contributed by atoms with van der Waals surface area (Å²) in [6.07, 6.45) is 5.96. The first-order valence-electron chi connectivity index (χ1n) is 6.56. The first-order valence-corrected chi connectivity index (χ1v) is 6.56. The normalized spacial score (nSPS) is 26.9. The summed E-state index contributed by atoms with van der Waals surface area (Å²) in [6, 6.07) is -0.0112. The summed E-state index contributed by atoms with van der Waals surface area (Å²) < 4.78 is 0. The third-order valence-electron chi connectivity index (χ3n) is 3.62. The van der Waals surface area contributed by atoms with Crippen molar-refractivity contribution in [3.8, 4) is 0 Å². The average Bonchev–Trinajstić information content (AvgIpc) is 2.42. The molecule has 0 saturated heterocycles. The zero-order valence-corrected chi connectivity index (χ0v) is 12.1. The molecule has 2 unspecified atom stereocenters. The second kappa shape index (κ2) is 7.93. The van der Waals surface area contributed by atoms with Crippen molar-refractivity contribution in [3.63, 3.8) is 0 Å². The highest BCUT2D eigenvalue weighted by Crippen LogP contribution is 2.22. The van der Waals surface area contributed by atoms with E-state index in [-0.39, 0.29) is 30.3 Å². The molecule has 0 bridgehead atoms. The molecule has 3 atom stereocenters. The number of rotatable bonds is 3. The van der Waals surface area contributed by atoms with Gasteiger partial charge in [0.2, 0.25) is 5.91 Å². The molecule has 0 spiro atoms. The maximum absolute atomic E-state index is 11.8. The number of amides is 1. The molecule has 0 radical (unpaired) electrons. The van der Waals surface area contributed by atoms with Crippen molar-refractivity contribution in [1.82, 2.24) is 5.32 Å². The first-order chi connectivity index (χ1) is 7.50. The lowest BCUT2D eigenvalue weighted by atomic mass is 10.0. The second-order valence-corrected chi connectivity index (χ2v) is 5.59. The van der Waals surface area contributed by atoms with Crippen LogP contribution in [-0.2, 0) is 4.79 Å². The van der Waals surface area contributed by atoms with E-state index in [0.717, 1.165) is 18.8 Å². The molecule has 0 heterocycles. The number of nitrogens with one attached hydrogen (secondary N) is 1. The van der Waals surface area contributed by atoms with Gasteiger partial charge in [0.05, 0.1) is 6.04 Å². The molecule has 102 valence electrons. The molecule has 1 saturated carbocycles. The van der Waals surface area contributed by atoms with Gasteiger partial charge in [0.25, 0.3) is 0 Å². The Bertz CT molecular complexity index is 233. The van der Waals surface area contributed by atoms with Crippen LogP contribution in [0.15, 0.2) is 0 Å². The summed E-state index contributed by atoms with van der Waals surface area (Å²) in [5.41, 5.74) is 5.83. The Morgan fingerprint density at radius 1 is 1.24 bits per heavy atom. The summed E-state index contributed by atoms with van der Waals surface area (Å²) in [6.45, 7) is 6.27. The Hall–Kier alpha value is -0.280. The summed E-state index contributed by atoms with van der Waals surface area (Å²) in [7, 11) is 0. The van der Waals surface area contributed by atoms with Crippen LogP contribution in [0.1, 0.15) is 52.9 Å². The fraction of sp³-hybridized carbons (Fsp3) is 0.923. The van der Waals surface area contributed by atoms with Crippen molar-refractivity contribution in [3.05, 3.63) is 0 Å². The quantitative estimate of drug-likeness (QED) is 0.768. The lowest BCUT2D eigenvalue weighted by molar-refractivity contribution is -0.124. The van der Waals surface area contributed by atoms with Gasteiger partial charge in [0.15, 0.2) is 0 Å². The van der Waals surface area contributed by atoms with Crippen LogP contribution in [0.25, 0.3) is 0 Å². The number of halogens is 1. The van der Waals surface area contributed by atoms with Crippen molar-refractivity contribution in [1.29, 1.82) is 0 Å². The zero-order valence-electron chi connectivity index (χ0n) is 11.2. The van der Waals surface area contributed by atoms with Crippen LogP contribution >= 0.6 is 12.4 Å². The van der Waals surface area contributed by atoms with Gasteiger partial charge in [-0.25, -0.2) is 0 Å². The predicted octanol–water partition coefficient (Wildman–Crippen LogP) is 2.48. The minimum Gasteiger partial charge on any atom is -0.352 e. The van der Waals surface area contributed by atoms with Crippen LogP contribution in [0, 0.1) is 11.8 Å². The number of nitrogens with two attached hydrogens (primary N) is 1. The summed E-state index contributed by atoms with van der Waals surface area (Å²) >= 11 is 0. The molecule has 17 heavy (non-hydrogen) atoms. The Morgan fingerprint density at radius 3 is 2.47 bits per heavy atom. The third-order valence-corrected chi connectivity index (χ3v) is 3.62. The van der Waals surface area contributed by atoms with Crippen LogP contribution in [-0.4, -0.2) is 18.0 Å². The molecule has 0 aromatic heterocycles. The monoisotopic (exact) mass is 262 g/mol. The van der Waals surface area contributed by atoms with Gasteiger partial charge in [-0.3, -0.25) is 4.79 Å². The average molecular weight is 263 g/mol. The van der Waals surface area contributed by atoms with E-state index in [4.69, 9.17) is 5.73 Å². The van der Waals surface area contributed by atoms with E-state index in [1.165, 1.54) is 19.3 Å². The summed E-state index contributed by atoms with van der Waals surface area (Å²) in [5.74, 6) is 1.04. The van der Waals surface area contributed by atoms with E-state index in [2.05, 4.69) is 12.2 Å². The van der Waals surface area contributed by atoms with Crippen molar-refractivity contribution in [2.45, 2.75) is 65.0 Å². The van der Waals surface area contributed by atoms with E-state index in [1.54, 1.807) is 0 Å². The minimum absolute atomic E-state index is 0. The smallest absolute Gasteiger partial charge is 0.237 e. The molecule has 4 heteroatoms. The van der Waals surface area contributed by atoms with Gasteiger partial charge in [-0.15, -0.1) is 12.4 Å². The molecular formula is C13H27ClN2O. The van der Waals surface area contributed by atoms with Gasteiger partial charge in [-0.05, 0) is 31.1 Å². The van der Waals surface area contributed by atoms with E-state index in [9.17, 15) is 4.79 Å². The highest BCUT2D eigenvalue weighted by atomic mass is 35.5. The Kier molecular flexibility index (Phi) is 7.80. The lowest BCUT2D eigenvalue weighted by Crippen LogP contribution is -2.47. The highest BCUT2D eigenvalue weighted by Gasteiger charge is 2.22. The van der Waals surface area contributed by atoms with E-state index < -0.39 is 0 Å². The molecule has 0 aliphatic heterocycles. The largest absolute Gasteiger partial charge is 0.352 e. The van der Waals surface area contributed by atoms with Gasteiger partial charge in [-0.1, -0.05) is 33.6 Å². The molecule has 0 aromatic carbocycles. The maximum Gasteiger partial charge on any atom is 0.237 e. The molecule has 1 amide bonds. The van der Waals surface area contributed by atoms with E-state index >= 15 is 0 Å². The maximum atomic E-state index is 11.8. The van der Waals surface area contributed by atoms with Crippen LogP contribution in [0.5, 0.6) is 0 Å². The zero-order chi connectivity index (χ0) is 12.1. The van der Waals surface area contributed by atoms with Crippen LogP contribution in [0.4, 0.5) is 0 Å². The van der Waals surface area contributed by atoms with Crippen molar-refractivity contribution >= 4 is 18.3 Å². The van der Waals surface area contributed by atoms with Gasteiger partial charge >= 0.3 is 0 Å². The number of carbonyl (C=O) groups is 1. The van der Waals surface area contributed by atoms with Crippen molar-refractivity contribution in [2.75, 3.05) is 0 Å². The SMILES string of the molecule is CC1CCCC(NC(=O)[C@@H](N)C(C)C)CC1.Cl. The first kappa shape index (κ1) is 16.7. The molecule has 3 N–H and O–H groups in total. The summed E-state index contributed by atoms with van der Waals surface area (Å²) in [4.78, 5) is 11.8. The number of carbonyl (C=O) groups excluding carboxylic acids is 1. The minimum atomic E-state index is -0.360. The lowest BCUT2D eigenvalue weighted by Gasteiger charge is -2.21. The van der Waals surface area contributed by atoms with Gasteiger partial charge in [-0.2, -0.15) is 0 Å². The predicted molar refractivity (Wildman–Crippen MR) is 74.2 cm³/mol. The molecule has 1 rings (SSSR count). The van der Waals surface area contributed by atoms with E-state index in [0.29, 0.717) is 6.04 Å². The van der Waals surface area contributed by atoms with Gasteiger partial charge in [0.1, 0.15) is 0 Å². The van der Waals surface area contributed by atoms with Crippen LogP contribution < -0.4 is 11.1 Å². The third kappa shape index (κ3) is 5.73. The molecule has 0 aromatic rings. The van der Waals surface area contributed by atoms with Gasteiger partial charge < -0.3 is 11.1 Å². The fourth-order valence-electron chi connectivity index (χ4n) is 2.23. The van der Waals surface area contributed by atoms with Crippen molar-refractivity contribution < 1.29 is 4.79 Å². The molecule has 1 aliphatic rings. The number of hydrogen-bond acceptors (Lipinski definition) is 2. The summed E-state index contributed by atoms with van der Waals surface area (Å²) in [5, 5.41) is 3.10. The fourth-order valence-corrected chi connectivity index (χ4v) is 2.23. The van der Waals surface area contributed by atoms with Gasteiger partial charge in [0, 0.05) is 6.04 Å². The standard InChI is InChI=1S/C13H26N2O.ClH/c1-9(2)12(14)13(16)15-11-6-4-5-10(3)7-8-11;/h9-12H,4-8,14H2,1-3H3,(H,15,16);1H/t10?,11?,12-;/m0./s1. The van der Waals surface area contributed by atoms with Crippen LogP contribution in [0.2, 0.25) is 0 Å². The molecule has 1 fully saturated rings. The molecule has 1 aliphatic carbocycles. The second-order valence-electron chi connectivity index (χ2n) is 5.59. The van der Waals surface area contributed by atoms with Crippen molar-refractivity contribution in [2.24, 2.45) is 17.6 Å². The molecule has 3 nitrogen and oxygen atoms in total. The molecular weight excluding hydrogens is 236 g/mol. The topological polar surface area (TPSA) is 55.1 Å². The Balaban J connectivity index is 0.00000256. The Morgan fingerprint density at radius 2 is 1.88 bits per heavy atom. The number of hydrogen-bond donors (Lipinski definition) is 2. The highest BCUT2D eigenvalue weighted by molar-refractivity contribution is 5.85. The van der Waals surface area contributed by atoms with E-state index in [1.807, 2.05) is 13.8 Å². The Labute approximate surface area is 111 Å².